The Morgan fingerprint density at radius 3 is 2.83 bits per heavy atom. The number of hydrogen-bond donors (Lipinski definition) is 1. The lowest BCUT2D eigenvalue weighted by atomic mass is 10.2. The van der Waals surface area contributed by atoms with Gasteiger partial charge in [0, 0.05) is 20.3 Å². The lowest BCUT2D eigenvalue weighted by molar-refractivity contribution is 0.190. The normalized spacial score (nSPS) is 11.3. The van der Waals surface area contributed by atoms with Gasteiger partial charge in [0.05, 0.1) is 17.9 Å². The number of aromatic nitrogens is 7. The van der Waals surface area contributed by atoms with E-state index in [1.807, 2.05) is 18.4 Å². The number of nitrogens with one attached hydrogen (secondary N) is 1. The second-order valence-corrected chi connectivity index (χ2v) is 5.32. The molecule has 1 N–H and O–H groups in total. The molecule has 3 heterocycles. The van der Waals surface area contributed by atoms with Gasteiger partial charge in [0.25, 0.3) is 0 Å². The summed E-state index contributed by atoms with van der Waals surface area (Å²) in [4.78, 5) is 0. The molecule has 23 heavy (non-hydrogen) atoms. The number of nitrogens with zero attached hydrogens (tertiary/aromatic N) is 7. The molecule has 0 amide bonds. The van der Waals surface area contributed by atoms with Crippen molar-refractivity contribution in [2.75, 3.05) is 19.0 Å². The Morgan fingerprint density at radius 2 is 2.00 bits per heavy atom. The maximum Gasteiger partial charge on any atom is 0.200 e. The number of rotatable bonds is 7. The van der Waals surface area contributed by atoms with Gasteiger partial charge < -0.3 is 14.6 Å². The molecule has 9 heteroatoms. The molecule has 3 aromatic rings. The first-order chi connectivity index (χ1) is 11.2. The Morgan fingerprint density at radius 1 is 1.17 bits per heavy atom. The van der Waals surface area contributed by atoms with Crippen LogP contribution in [0.1, 0.15) is 23.5 Å². The van der Waals surface area contributed by atoms with E-state index in [-0.39, 0.29) is 0 Å². The summed E-state index contributed by atoms with van der Waals surface area (Å²) >= 11 is 0. The number of methoxy groups -OCH3 is 1. The van der Waals surface area contributed by atoms with Crippen LogP contribution >= 0.6 is 0 Å². The number of ether oxygens (including phenoxy) is 1. The summed E-state index contributed by atoms with van der Waals surface area (Å²) < 4.78 is 8.78. The van der Waals surface area contributed by atoms with Crippen molar-refractivity contribution >= 4 is 11.3 Å². The summed E-state index contributed by atoms with van der Waals surface area (Å²) in [5, 5.41) is 24.0. The van der Waals surface area contributed by atoms with Crippen LogP contribution in [0.5, 0.6) is 0 Å². The van der Waals surface area contributed by atoms with E-state index in [0.717, 1.165) is 35.7 Å². The van der Waals surface area contributed by atoms with Crippen LogP contribution in [0.15, 0.2) is 12.7 Å². The fourth-order valence-corrected chi connectivity index (χ4v) is 2.41. The second kappa shape index (κ2) is 6.69. The van der Waals surface area contributed by atoms with Crippen molar-refractivity contribution in [3.8, 4) is 0 Å². The van der Waals surface area contributed by atoms with Crippen LogP contribution in [0, 0.1) is 13.8 Å². The van der Waals surface area contributed by atoms with Crippen molar-refractivity contribution in [1.82, 2.24) is 34.6 Å². The van der Waals surface area contributed by atoms with Gasteiger partial charge in [-0.3, -0.25) is 0 Å². The topological polar surface area (TPSA) is 95.0 Å². The van der Waals surface area contributed by atoms with Crippen molar-refractivity contribution in [2.45, 2.75) is 33.4 Å². The van der Waals surface area contributed by atoms with E-state index in [4.69, 9.17) is 4.74 Å². The Bertz CT molecular complexity index is 793. The smallest absolute Gasteiger partial charge is 0.200 e. The van der Waals surface area contributed by atoms with E-state index >= 15 is 0 Å². The number of fused-ring (bicyclic) bond motifs is 1. The Kier molecular flexibility index (Phi) is 4.47. The molecule has 0 aromatic carbocycles. The molecule has 0 bridgehead atoms. The largest absolute Gasteiger partial charge is 0.385 e. The zero-order valence-electron chi connectivity index (χ0n) is 13.5. The molecule has 0 aliphatic heterocycles. The third-order valence-electron chi connectivity index (χ3n) is 3.80. The standard InChI is InChI=1S/C14H20N8O/c1-10-11(2)20-22-9-17-19-14(22)13(10)15-7-12-18-16-8-21(12)5-4-6-23-3/h8-9,15H,4-7H2,1-3H3. The maximum atomic E-state index is 5.08. The average Bonchev–Trinajstić information content (AvgIpc) is 3.17. The molecule has 9 nitrogen and oxygen atoms in total. The molecule has 0 spiro atoms. The number of hydrogen-bond acceptors (Lipinski definition) is 7. The molecule has 0 saturated carbocycles. The lowest BCUT2D eigenvalue weighted by Gasteiger charge is -2.12. The SMILES string of the molecule is COCCCn1cnnc1CNc1c(C)c(C)nn2cnnc12. The molecule has 0 unspecified atom stereocenters. The van der Waals surface area contributed by atoms with E-state index in [2.05, 4.69) is 30.8 Å². The summed E-state index contributed by atoms with van der Waals surface area (Å²) in [6, 6.07) is 0. The highest BCUT2D eigenvalue weighted by Gasteiger charge is 2.12. The first kappa shape index (κ1) is 15.3. The highest BCUT2D eigenvalue weighted by molar-refractivity contribution is 5.70. The van der Waals surface area contributed by atoms with Gasteiger partial charge in [-0.15, -0.1) is 20.4 Å². The third-order valence-corrected chi connectivity index (χ3v) is 3.80. The van der Waals surface area contributed by atoms with Gasteiger partial charge in [-0.1, -0.05) is 0 Å². The fraction of sp³-hybridized carbons (Fsp3) is 0.500. The zero-order chi connectivity index (χ0) is 16.2. The minimum absolute atomic E-state index is 0.555. The van der Waals surface area contributed by atoms with Crippen molar-refractivity contribution in [3.05, 3.63) is 29.7 Å². The Balaban J connectivity index is 1.78. The molecule has 3 rings (SSSR count). The minimum atomic E-state index is 0.555. The summed E-state index contributed by atoms with van der Waals surface area (Å²) in [5.41, 5.74) is 3.61. The summed E-state index contributed by atoms with van der Waals surface area (Å²) in [5.74, 6) is 0.868. The van der Waals surface area contributed by atoms with Crippen molar-refractivity contribution in [2.24, 2.45) is 0 Å². The van der Waals surface area contributed by atoms with Gasteiger partial charge in [-0.25, -0.2) is 0 Å². The van der Waals surface area contributed by atoms with Gasteiger partial charge in [-0.2, -0.15) is 9.61 Å². The molecule has 0 saturated heterocycles. The number of anilines is 1. The van der Waals surface area contributed by atoms with Crippen LogP contribution < -0.4 is 5.32 Å². The second-order valence-electron chi connectivity index (χ2n) is 5.32. The van der Waals surface area contributed by atoms with Crippen LogP contribution in [0.2, 0.25) is 0 Å². The predicted octanol–water partition coefficient (Wildman–Crippen LogP) is 0.981. The summed E-state index contributed by atoms with van der Waals surface area (Å²) in [6.45, 7) is 6.08. The minimum Gasteiger partial charge on any atom is -0.385 e. The van der Waals surface area contributed by atoms with E-state index in [0.29, 0.717) is 18.8 Å². The molecule has 0 atom stereocenters. The Labute approximate surface area is 133 Å². The quantitative estimate of drug-likeness (QED) is 0.649. The zero-order valence-corrected chi connectivity index (χ0v) is 13.5. The summed E-state index contributed by atoms with van der Waals surface area (Å²) in [6.07, 6.45) is 4.26. The van der Waals surface area contributed by atoms with Gasteiger partial charge >= 0.3 is 0 Å². The molecular formula is C14H20N8O. The van der Waals surface area contributed by atoms with Crippen molar-refractivity contribution < 1.29 is 4.74 Å². The Hall–Kier alpha value is -2.55. The van der Waals surface area contributed by atoms with Crippen LogP contribution in [-0.4, -0.2) is 48.3 Å². The molecule has 3 aromatic heterocycles. The van der Waals surface area contributed by atoms with E-state index < -0.39 is 0 Å². The summed E-state index contributed by atoms with van der Waals surface area (Å²) in [7, 11) is 1.70. The van der Waals surface area contributed by atoms with Crippen molar-refractivity contribution in [3.63, 3.8) is 0 Å². The third kappa shape index (κ3) is 3.14. The number of aryl methyl sites for hydroxylation is 2. The van der Waals surface area contributed by atoms with Crippen molar-refractivity contribution in [1.29, 1.82) is 0 Å². The van der Waals surface area contributed by atoms with Gasteiger partial charge in [0.15, 0.2) is 5.82 Å². The molecule has 0 fully saturated rings. The molecule has 0 radical (unpaired) electrons. The fourth-order valence-electron chi connectivity index (χ4n) is 2.41. The van der Waals surface area contributed by atoms with E-state index in [1.54, 1.807) is 24.3 Å². The van der Waals surface area contributed by atoms with Crippen LogP contribution in [0.25, 0.3) is 5.65 Å². The lowest BCUT2D eigenvalue weighted by Crippen LogP contribution is -2.12. The first-order valence-electron chi connectivity index (χ1n) is 7.47. The van der Waals surface area contributed by atoms with E-state index in [9.17, 15) is 0 Å². The van der Waals surface area contributed by atoms with Crippen LogP contribution in [0.3, 0.4) is 0 Å². The monoisotopic (exact) mass is 316 g/mol. The molecular weight excluding hydrogens is 296 g/mol. The molecule has 0 aliphatic rings. The molecule has 122 valence electrons. The highest BCUT2D eigenvalue weighted by atomic mass is 16.5. The molecule has 0 aliphatic carbocycles. The van der Waals surface area contributed by atoms with E-state index in [1.165, 1.54) is 0 Å². The van der Waals surface area contributed by atoms with Crippen LogP contribution in [0.4, 0.5) is 5.69 Å². The van der Waals surface area contributed by atoms with Gasteiger partial charge in [0.2, 0.25) is 5.65 Å². The van der Waals surface area contributed by atoms with Gasteiger partial charge in [0.1, 0.15) is 12.7 Å². The highest BCUT2D eigenvalue weighted by Crippen LogP contribution is 2.21. The average molecular weight is 316 g/mol. The van der Waals surface area contributed by atoms with Crippen LogP contribution in [-0.2, 0) is 17.8 Å². The first-order valence-corrected chi connectivity index (χ1v) is 7.47. The maximum absolute atomic E-state index is 5.08. The predicted molar refractivity (Wildman–Crippen MR) is 84.1 cm³/mol. The van der Waals surface area contributed by atoms with Gasteiger partial charge in [-0.05, 0) is 25.8 Å².